The minimum Gasteiger partial charge on any atom is -0.354 e. The second-order valence-electron chi connectivity index (χ2n) is 4.34. The van der Waals surface area contributed by atoms with Crippen molar-refractivity contribution >= 4 is 29.2 Å². The van der Waals surface area contributed by atoms with E-state index in [4.69, 9.17) is 11.6 Å². The molecule has 6 heteroatoms. The van der Waals surface area contributed by atoms with Crippen molar-refractivity contribution in [2.45, 2.75) is 20.3 Å². The minimum atomic E-state index is 0.183. The van der Waals surface area contributed by atoms with Crippen LogP contribution in [0, 0.1) is 0 Å². The summed E-state index contributed by atoms with van der Waals surface area (Å²) in [5.74, 6) is 1.00. The Balaban J connectivity index is 2.29. The lowest BCUT2D eigenvalue weighted by Gasteiger charge is -2.18. The van der Waals surface area contributed by atoms with Crippen LogP contribution in [0.1, 0.15) is 19.4 Å². The zero-order valence-corrected chi connectivity index (χ0v) is 12.6. The molecular formula is C14H18ClN5. The zero-order chi connectivity index (χ0) is 14.5. The third-order valence-electron chi connectivity index (χ3n) is 2.96. The van der Waals surface area contributed by atoms with Gasteiger partial charge in [-0.3, -0.25) is 0 Å². The molecule has 0 aliphatic carbocycles. The molecular weight excluding hydrogens is 274 g/mol. The Morgan fingerprint density at radius 3 is 2.40 bits per heavy atom. The molecule has 0 saturated heterocycles. The van der Waals surface area contributed by atoms with Crippen molar-refractivity contribution in [3.63, 3.8) is 0 Å². The Hall–Kier alpha value is -1.88. The SMILES string of the molecule is CCNc1nc(Cl)nc(N(C)c2ccc(CC)cc2)n1. The maximum atomic E-state index is 5.94. The highest BCUT2D eigenvalue weighted by Crippen LogP contribution is 2.22. The van der Waals surface area contributed by atoms with E-state index in [1.54, 1.807) is 0 Å². The summed E-state index contributed by atoms with van der Waals surface area (Å²) in [7, 11) is 1.91. The van der Waals surface area contributed by atoms with Crippen molar-refractivity contribution in [2.24, 2.45) is 0 Å². The number of aromatic nitrogens is 3. The van der Waals surface area contributed by atoms with Crippen LogP contribution in [0.3, 0.4) is 0 Å². The molecule has 0 unspecified atom stereocenters. The summed E-state index contributed by atoms with van der Waals surface area (Å²) >= 11 is 5.94. The Labute approximate surface area is 124 Å². The standard InChI is InChI=1S/C14H18ClN5/c1-4-10-6-8-11(9-7-10)20(3)14-18-12(15)17-13(19-14)16-5-2/h6-9H,4-5H2,1-3H3,(H,16,17,18,19). The third kappa shape index (κ3) is 3.36. The number of hydrogen-bond donors (Lipinski definition) is 1. The number of benzene rings is 1. The molecule has 0 spiro atoms. The van der Waals surface area contributed by atoms with Gasteiger partial charge in [-0.05, 0) is 42.6 Å². The Morgan fingerprint density at radius 1 is 1.10 bits per heavy atom. The van der Waals surface area contributed by atoms with Crippen molar-refractivity contribution in [1.82, 2.24) is 15.0 Å². The van der Waals surface area contributed by atoms with Crippen LogP contribution in [0.5, 0.6) is 0 Å². The van der Waals surface area contributed by atoms with Gasteiger partial charge in [0.1, 0.15) is 0 Å². The molecule has 1 N–H and O–H groups in total. The summed E-state index contributed by atoms with van der Waals surface area (Å²) in [6, 6.07) is 8.28. The smallest absolute Gasteiger partial charge is 0.235 e. The predicted octanol–water partition coefficient (Wildman–Crippen LogP) is 3.29. The highest BCUT2D eigenvalue weighted by Gasteiger charge is 2.10. The van der Waals surface area contributed by atoms with Gasteiger partial charge < -0.3 is 10.2 Å². The van der Waals surface area contributed by atoms with E-state index in [0.717, 1.165) is 18.7 Å². The summed E-state index contributed by atoms with van der Waals surface area (Å²) in [4.78, 5) is 14.4. The number of nitrogens with one attached hydrogen (secondary N) is 1. The highest BCUT2D eigenvalue weighted by atomic mass is 35.5. The first-order chi connectivity index (χ1) is 9.63. The fourth-order valence-electron chi connectivity index (χ4n) is 1.80. The second-order valence-corrected chi connectivity index (χ2v) is 4.68. The molecule has 0 aliphatic rings. The van der Waals surface area contributed by atoms with Crippen LogP contribution < -0.4 is 10.2 Å². The van der Waals surface area contributed by atoms with Crippen LogP contribution in [-0.2, 0) is 6.42 Å². The van der Waals surface area contributed by atoms with Gasteiger partial charge in [-0.25, -0.2) is 0 Å². The van der Waals surface area contributed by atoms with Crippen molar-refractivity contribution in [1.29, 1.82) is 0 Å². The summed E-state index contributed by atoms with van der Waals surface area (Å²) in [5, 5.41) is 3.22. The molecule has 0 fully saturated rings. The Kier molecular flexibility index (Phi) is 4.74. The molecule has 0 bridgehead atoms. The lowest BCUT2D eigenvalue weighted by molar-refractivity contribution is 0.972. The lowest BCUT2D eigenvalue weighted by Crippen LogP contribution is -2.15. The van der Waals surface area contributed by atoms with Crippen molar-refractivity contribution < 1.29 is 0 Å². The normalized spacial score (nSPS) is 10.4. The zero-order valence-electron chi connectivity index (χ0n) is 11.9. The number of rotatable bonds is 5. The van der Waals surface area contributed by atoms with Crippen LogP contribution in [0.2, 0.25) is 5.28 Å². The highest BCUT2D eigenvalue weighted by molar-refractivity contribution is 6.28. The van der Waals surface area contributed by atoms with Crippen LogP contribution in [-0.4, -0.2) is 28.5 Å². The number of halogens is 1. The van der Waals surface area contributed by atoms with E-state index in [0.29, 0.717) is 11.9 Å². The van der Waals surface area contributed by atoms with Crippen molar-refractivity contribution in [3.8, 4) is 0 Å². The largest absolute Gasteiger partial charge is 0.354 e. The number of hydrogen-bond acceptors (Lipinski definition) is 5. The summed E-state index contributed by atoms with van der Waals surface area (Å²) in [6.07, 6.45) is 1.02. The summed E-state index contributed by atoms with van der Waals surface area (Å²) < 4.78 is 0. The molecule has 0 aliphatic heterocycles. The molecule has 5 nitrogen and oxygen atoms in total. The molecule has 0 radical (unpaired) electrons. The van der Waals surface area contributed by atoms with Gasteiger partial charge in [0, 0.05) is 19.3 Å². The molecule has 20 heavy (non-hydrogen) atoms. The third-order valence-corrected chi connectivity index (χ3v) is 3.13. The quantitative estimate of drug-likeness (QED) is 0.916. The first-order valence-corrected chi connectivity index (χ1v) is 7.00. The molecule has 1 aromatic carbocycles. The summed E-state index contributed by atoms with van der Waals surface area (Å²) in [6.45, 7) is 4.84. The number of aryl methyl sites for hydroxylation is 1. The molecule has 0 saturated carbocycles. The minimum absolute atomic E-state index is 0.183. The van der Waals surface area contributed by atoms with E-state index in [1.807, 2.05) is 31.0 Å². The van der Waals surface area contributed by atoms with Gasteiger partial charge in [-0.2, -0.15) is 15.0 Å². The topological polar surface area (TPSA) is 53.9 Å². The summed E-state index contributed by atoms with van der Waals surface area (Å²) in [5.41, 5.74) is 2.30. The molecule has 1 heterocycles. The van der Waals surface area contributed by atoms with E-state index in [1.165, 1.54) is 5.56 Å². The Bertz CT molecular complexity index is 570. The van der Waals surface area contributed by atoms with Crippen LogP contribution in [0.4, 0.5) is 17.6 Å². The molecule has 2 aromatic rings. The molecule has 2 rings (SSSR count). The first-order valence-electron chi connectivity index (χ1n) is 6.62. The molecule has 1 aromatic heterocycles. The van der Waals surface area contributed by atoms with Gasteiger partial charge in [0.25, 0.3) is 0 Å². The van der Waals surface area contributed by atoms with E-state index in [9.17, 15) is 0 Å². The average Bonchev–Trinajstić information content (AvgIpc) is 2.46. The van der Waals surface area contributed by atoms with Gasteiger partial charge in [0.15, 0.2) is 0 Å². The number of anilines is 3. The van der Waals surface area contributed by atoms with Crippen LogP contribution in [0.15, 0.2) is 24.3 Å². The van der Waals surface area contributed by atoms with E-state index in [-0.39, 0.29) is 5.28 Å². The van der Waals surface area contributed by atoms with Gasteiger partial charge >= 0.3 is 0 Å². The maximum Gasteiger partial charge on any atom is 0.235 e. The Morgan fingerprint density at radius 2 is 1.80 bits per heavy atom. The van der Waals surface area contributed by atoms with Gasteiger partial charge in [0.05, 0.1) is 0 Å². The van der Waals surface area contributed by atoms with Gasteiger partial charge in [-0.15, -0.1) is 0 Å². The molecule has 106 valence electrons. The van der Waals surface area contributed by atoms with Crippen molar-refractivity contribution in [3.05, 3.63) is 35.1 Å². The predicted molar refractivity (Wildman–Crippen MR) is 82.9 cm³/mol. The first kappa shape index (κ1) is 14.5. The number of nitrogens with zero attached hydrogens (tertiary/aromatic N) is 4. The lowest BCUT2D eigenvalue weighted by atomic mass is 10.1. The van der Waals surface area contributed by atoms with E-state index < -0.39 is 0 Å². The van der Waals surface area contributed by atoms with E-state index in [2.05, 4.69) is 39.3 Å². The molecule has 0 atom stereocenters. The fourth-order valence-corrected chi connectivity index (χ4v) is 1.95. The average molecular weight is 292 g/mol. The van der Waals surface area contributed by atoms with Crippen molar-refractivity contribution in [2.75, 3.05) is 23.8 Å². The second kappa shape index (κ2) is 6.52. The van der Waals surface area contributed by atoms with Crippen LogP contribution >= 0.6 is 11.6 Å². The molecule has 0 amide bonds. The van der Waals surface area contributed by atoms with Gasteiger partial charge in [0.2, 0.25) is 17.2 Å². The van der Waals surface area contributed by atoms with Gasteiger partial charge in [-0.1, -0.05) is 19.1 Å². The van der Waals surface area contributed by atoms with E-state index >= 15 is 0 Å². The maximum absolute atomic E-state index is 5.94. The monoisotopic (exact) mass is 291 g/mol. The van der Waals surface area contributed by atoms with Crippen LogP contribution in [0.25, 0.3) is 0 Å². The fraction of sp³-hybridized carbons (Fsp3) is 0.357.